The Balaban J connectivity index is 1.86. The van der Waals surface area contributed by atoms with Crippen molar-refractivity contribution >= 4 is 5.65 Å². The monoisotopic (exact) mass is 236 g/mol. The van der Waals surface area contributed by atoms with Gasteiger partial charge in [0.1, 0.15) is 5.65 Å². The summed E-state index contributed by atoms with van der Waals surface area (Å²) in [5.41, 5.74) is 4.85. The van der Waals surface area contributed by atoms with E-state index in [0.29, 0.717) is 0 Å². The second-order valence-corrected chi connectivity index (χ2v) is 4.63. The van der Waals surface area contributed by atoms with Crippen LogP contribution in [0.15, 0.2) is 54.9 Å². The molecule has 0 N–H and O–H groups in total. The number of hydrogen-bond acceptors (Lipinski definition) is 1. The van der Waals surface area contributed by atoms with Crippen LogP contribution in [-0.2, 0) is 12.8 Å². The fourth-order valence-electron chi connectivity index (χ4n) is 2.31. The maximum atomic E-state index is 4.59. The lowest BCUT2D eigenvalue weighted by atomic mass is 10.1. The van der Waals surface area contributed by atoms with Gasteiger partial charge in [-0.2, -0.15) is 0 Å². The van der Waals surface area contributed by atoms with Crippen LogP contribution in [0.1, 0.15) is 16.8 Å². The lowest BCUT2D eigenvalue weighted by Crippen LogP contribution is -1.95. The Bertz CT molecular complexity index is 653. The molecule has 0 spiro atoms. The van der Waals surface area contributed by atoms with E-state index in [-0.39, 0.29) is 0 Å². The molecule has 18 heavy (non-hydrogen) atoms. The highest BCUT2D eigenvalue weighted by Gasteiger charge is 2.04. The van der Waals surface area contributed by atoms with Gasteiger partial charge in [0.2, 0.25) is 0 Å². The summed E-state index contributed by atoms with van der Waals surface area (Å²) in [6, 6.07) is 14.9. The van der Waals surface area contributed by atoms with E-state index in [1.165, 1.54) is 11.1 Å². The first-order chi connectivity index (χ1) is 8.83. The predicted molar refractivity (Wildman–Crippen MR) is 73.8 cm³/mol. The lowest BCUT2D eigenvalue weighted by molar-refractivity contribution is 0.952. The molecule has 0 saturated heterocycles. The summed E-state index contributed by atoms with van der Waals surface area (Å²) < 4.78 is 2.11. The van der Waals surface area contributed by atoms with Gasteiger partial charge >= 0.3 is 0 Å². The number of imidazole rings is 1. The minimum absolute atomic E-state index is 1.03. The number of fused-ring (bicyclic) bond motifs is 1. The normalized spacial score (nSPS) is 10.9. The topological polar surface area (TPSA) is 17.3 Å². The molecule has 0 unspecified atom stereocenters. The first-order valence-corrected chi connectivity index (χ1v) is 6.30. The highest BCUT2D eigenvalue weighted by Crippen LogP contribution is 2.13. The van der Waals surface area contributed by atoms with Crippen LogP contribution in [0.3, 0.4) is 0 Å². The van der Waals surface area contributed by atoms with E-state index in [2.05, 4.69) is 64.2 Å². The van der Waals surface area contributed by atoms with E-state index in [9.17, 15) is 0 Å². The van der Waals surface area contributed by atoms with Crippen LogP contribution < -0.4 is 0 Å². The Labute approximate surface area is 107 Å². The molecule has 0 amide bonds. The van der Waals surface area contributed by atoms with Crippen molar-refractivity contribution in [3.8, 4) is 0 Å². The fourth-order valence-corrected chi connectivity index (χ4v) is 2.31. The number of pyridine rings is 1. The van der Waals surface area contributed by atoms with Crippen molar-refractivity contribution in [1.29, 1.82) is 0 Å². The van der Waals surface area contributed by atoms with Gasteiger partial charge in [-0.3, -0.25) is 0 Å². The first kappa shape index (κ1) is 11.0. The van der Waals surface area contributed by atoms with Crippen molar-refractivity contribution in [1.82, 2.24) is 9.38 Å². The summed E-state index contributed by atoms with van der Waals surface area (Å²) in [4.78, 5) is 4.59. The summed E-state index contributed by atoms with van der Waals surface area (Å²) in [6.07, 6.45) is 6.22. The summed E-state index contributed by atoms with van der Waals surface area (Å²) in [5, 5.41) is 0. The van der Waals surface area contributed by atoms with E-state index >= 15 is 0 Å². The largest absolute Gasteiger partial charge is 0.307 e. The quantitative estimate of drug-likeness (QED) is 0.681. The van der Waals surface area contributed by atoms with E-state index in [0.717, 1.165) is 24.2 Å². The maximum absolute atomic E-state index is 4.59. The van der Waals surface area contributed by atoms with Gasteiger partial charge in [0, 0.05) is 12.4 Å². The maximum Gasteiger partial charge on any atom is 0.140 e. The van der Waals surface area contributed by atoms with Gasteiger partial charge in [-0.25, -0.2) is 4.98 Å². The average Bonchev–Trinajstić information content (AvgIpc) is 2.78. The first-order valence-electron chi connectivity index (χ1n) is 6.30. The Hall–Kier alpha value is -2.09. The molecule has 2 aromatic heterocycles. The Morgan fingerprint density at radius 3 is 2.67 bits per heavy atom. The summed E-state index contributed by atoms with van der Waals surface area (Å²) in [5.74, 6) is 0. The number of aryl methyl sites for hydroxylation is 3. The molecule has 2 heterocycles. The lowest BCUT2D eigenvalue weighted by Gasteiger charge is -2.03. The molecule has 0 aliphatic carbocycles. The smallest absolute Gasteiger partial charge is 0.140 e. The molecule has 1 aromatic carbocycles. The summed E-state index contributed by atoms with van der Waals surface area (Å²) in [6.45, 7) is 2.04. The molecule has 0 fully saturated rings. The second-order valence-electron chi connectivity index (χ2n) is 4.63. The van der Waals surface area contributed by atoms with Gasteiger partial charge < -0.3 is 4.40 Å². The third-order valence-electron chi connectivity index (χ3n) is 3.21. The number of rotatable bonds is 3. The molecule has 0 aliphatic rings. The van der Waals surface area contributed by atoms with Gasteiger partial charge in [-0.05, 0) is 37.0 Å². The van der Waals surface area contributed by atoms with E-state index in [1.54, 1.807) is 0 Å². The van der Waals surface area contributed by atoms with Crippen molar-refractivity contribution in [2.45, 2.75) is 19.8 Å². The van der Waals surface area contributed by atoms with Crippen molar-refractivity contribution in [3.05, 3.63) is 71.7 Å². The SMILES string of the molecule is Cc1cn2cccc(CCc3ccccc3)c2n1. The number of nitrogens with zero attached hydrogens (tertiary/aromatic N) is 2. The van der Waals surface area contributed by atoms with Gasteiger partial charge in [0.15, 0.2) is 0 Å². The van der Waals surface area contributed by atoms with E-state index < -0.39 is 0 Å². The van der Waals surface area contributed by atoms with E-state index in [4.69, 9.17) is 0 Å². The Morgan fingerprint density at radius 1 is 1.00 bits per heavy atom. The van der Waals surface area contributed by atoms with Crippen LogP contribution >= 0.6 is 0 Å². The molecular weight excluding hydrogens is 220 g/mol. The summed E-state index contributed by atoms with van der Waals surface area (Å²) >= 11 is 0. The molecule has 90 valence electrons. The molecule has 0 radical (unpaired) electrons. The zero-order chi connectivity index (χ0) is 12.4. The number of aromatic nitrogens is 2. The Morgan fingerprint density at radius 2 is 1.83 bits per heavy atom. The van der Waals surface area contributed by atoms with Crippen molar-refractivity contribution < 1.29 is 0 Å². The average molecular weight is 236 g/mol. The molecular formula is C16H16N2. The van der Waals surface area contributed by atoms with Crippen LogP contribution in [-0.4, -0.2) is 9.38 Å². The van der Waals surface area contributed by atoms with Gasteiger partial charge in [-0.1, -0.05) is 36.4 Å². The van der Waals surface area contributed by atoms with Crippen LogP contribution in [0.2, 0.25) is 0 Å². The van der Waals surface area contributed by atoms with Crippen LogP contribution in [0.5, 0.6) is 0 Å². The molecule has 2 nitrogen and oxygen atoms in total. The zero-order valence-electron chi connectivity index (χ0n) is 10.5. The van der Waals surface area contributed by atoms with Crippen molar-refractivity contribution in [2.75, 3.05) is 0 Å². The van der Waals surface area contributed by atoms with Crippen molar-refractivity contribution in [3.63, 3.8) is 0 Å². The number of hydrogen-bond donors (Lipinski definition) is 0. The minimum Gasteiger partial charge on any atom is -0.307 e. The molecule has 3 rings (SSSR count). The van der Waals surface area contributed by atoms with Gasteiger partial charge in [-0.15, -0.1) is 0 Å². The van der Waals surface area contributed by atoms with E-state index in [1.807, 2.05) is 6.92 Å². The Kier molecular flexibility index (Phi) is 2.85. The predicted octanol–water partition coefficient (Wildman–Crippen LogP) is 3.43. The van der Waals surface area contributed by atoms with Crippen LogP contribution in [0.4, 0.5) is 0 Å². The minimum atomic E-state index is 1.03. The van der Waals surface area contributed by atoms with Gasteiger partial charge in [0.05, 0.1) is 5.69 Å². The molecule has 0 atom stereocenters. The number of benzene rings is 1. The molecule has 3 aromatic rings. The standard InChI is InChI=1S/C16H16N2/c1-13-12-18-11-5-8-15(16(18)17-13)10-9-14-6-3-2-4-7-14/h2-8,11-12H,9-10H2,1H3. The van der Waals surface area contributed by atoms with Crippen LogP contribution in [0, 0.1) is 6.92 Å². The summed E-state index contributed by atoms with van der Waals surface area (Å²) in [7, 11) is 0. The third-order valence-corrected chi connectivity index (χ3v) is 3.21. The molecule has 2 heteroatoms. The fraction of sp³-hybridized carbons (Fsp3) is 0.188. The van der Waals surface area contributed by atoms with Gasteiger partial charge in [0.25, 0.3) is 0 Å². The second kappa shape index (κ2) is 4.65. The van der Waals surface area contributed by atoms with Crippen LogP contribution in [0.25, 0.3) is 5.65 Å². The molecule has 0 aliphatic heterocycles. The third kappa shape index (κ3) is 2.14. The highest BCUT2D eigenvalue weighted by molar-refractivity contribution is 5.49. The molecule has 0 bridgehead atoms. The zero-order valence-corrected chi connectivity index (χ0v) is 10.5. The molecule has 0 saturated carbocycles. The highest BCUT2D eigenvalue weighted by atomic mass is 15.0. The van der Waals surface area contributed by atoms with Crippen molar-refractivity contribution in [2.24, 2.45) is 0 Å².